The van der Waals surface area contributed by atoms with Crippen molar-refractivity contribution in [3.05, 3.63) is 35.4 Å². The maximum absolute atomic E-state index is 12.1. The van der Waals surface area contributed by atoms with E-state index >= 15 is 0 Å². The van der Waals surface area contributed by atoms with Gasteiger partial charge in [0.1, 0.15) is 0 Å². The summed E-state index contributed by atoms with van der Waals surface area (Å²) in [7, 11) is 0. The summed E-state index contributed by atoms with van der Waals surface area (Å²) in [4.78, 5) is 12.1. The summed E-state index contributed by atoms with van der Waals surface area (Å²) < 4.78 is 0. The Morgan fingerprint density at radius 2 is 2.00 bits per heavy atom. The average Bonchev–Trinajstić information content (AvgIpc) is 3.39. The maximum atomic E-state index is 12.1. The van der Waals surface area contributed by atoms with Gasteiger partial charge in [0.2, 0.25) is 0 Å². The van der Waals surface area contributed by atoms with Crippen molar-refractivity contribution in [1.82, 2.24) is 10.6 Å². The minimum absolute atomic E-state index is 0.0454. The second kappa shape index (κ2) is 5.68. The quantitative estimate of drug-likeness (QED) is 0.753. The predicted octanol–water partition coefficient (Wildman–Crippen LogP) is 2.52. The van der Waals surface area contributed by atoms with Crippen LogP contribution in [0, 0.1) is 18.3 Å². The Morgan fingerprint density at radius 1 is 1.33 bits per heavy atom. The van der Waals surface area contributed by atoms with Gasteiger partial charge in [0.05, 0.1) is 12.6 Å². The Bertz CT molecular complexity index is 504. The predicted molar refractivity (Wildman–Crippen MR) is 81.9 cm³/mol. The van der Waals surface area contributed by atoms with E-state index in [1.54, 1.807) is 0 Å². The molecule has 0 radical (unpaired) electrons. The van der Waals surface area contributed by atoms with Crippen LogP contribution in [-0.4, -0.2) is 24.3 Å². The number of rotatable bonds is 6. The molecule has 0 saturated heterocycles. The molecule has 0 aromatic heterocycles. The van der Waals surface area contributed by atoms with Crippen molar-refractivity contribution >= 4 is 6.03 Å². The fraction of sp³-hybridized carbons (Fsp3) is 0.588. The maximum Gasteiger partial charge on any atom is 0.315 e. The molecule has 0 heterocycles. The molecule has 0 spiro atoms. The van der Waals surface area contributed by atoms with Crippen molar-refractivity contribution in [3.8, 4) is 0 Å². The standard InChI is InChI=1S/C17H24N2O2/c1-12-2-4-13(5-3-12)15(14-6-7-14)19-16(21)18-10-17(11-20)8-9-17/h2-5,14-15,20H,6-11H2,1H3,(H2,18,19,21)/t15-/m0/s1. The third-order valence-corrected chi connectivity index (χ3v) is 4.73. The van der Waals surface area contributed by atoms with Gasteiger partial charge in [-0.3, -0.25) is 0 Å². The molecule has 0 bridgehead atoms. The van der Waals surface area contributed by atoms with Gasteiger partial charge in [-0.1, -0.05) is 29.8 Å². The summed E-state index contributed by atoms with van der Waals surface area (Å²) in [5, 5.41) is 15.3. The van der Waals surface area contributed by atoms with Crippen LogP contribution in [0.5, 0.6) is 0 Å². The number of urea groups is 1. The van der Waals surface area contributed by atoms with Crippen LogP contribution in [0.15, 0.2) is 24.3 Å². The van der Waals surface area contributed by atoms with Crippen LogP contribution in [0.2, 0.25) is 0 Å². The molecular formula is C17H24N2O2. The van der Waals surface area contributed by atoms with Crippen molar-refractivity contribution in [2.75, 3.05) is 13.2 Å². The zero-order chi connectivity index (χ0) is 14.9. The molecule has 2 amide bonds. The zero-order valence-electron chi connectivity index (χ0n) is 12.6. The Hall–Kier alpha value is -1.55. The number of hydrogen-bond donors (Lipinski definition) is 3. The molecular weight excluding hydrogens is 264 g/mol. The highest BCUT2D eigenvalue weighted by Gasteiger charge is 2.42. The van der Waals surface area contributed by atoms with Crippen molar-refractivity contribution < 1.29 is 9.90 Å². The Labute approximate surface area is 125 Å². The summed E-state index contributed by atoms with van der Waals surface area (Å²) in [5.74, 6) is 0.561. The van der Waals surface area contributed by atoms with Crippen LogP contribution in [0.1, 0.15) is 42.9 Å². The van der Waals surface area contributed by atoms with Gasteiger partial charge in [-0.05, 0) is 44.1 Å². The molecule has 2 fully saturated rings. The molecule has 2 aliphatic rings. The summed E-state index contributed by atoms with van der Waals surface area (Å²) in [5.41, 5.74) is 2.37. The number of aliphatic hydroxyl groups is 1. The fourth-order valence-corrected chi connectivity index (χ4v) is 2.70. The fourth-order valence-electron chi connectivity index (χ4n) is 2.70. The minimum atomic E-state index is -0.118. The smallest absolute Gasteiger partial charge is 0.315 e. The van der Waals surface area contributed by atoms with Crippen LogP contribution in [0.3, 0.4) is 0 Å². The number of aliphatic hydroxyl groups excluding tert-OH is 1. The highest BCUT2D eigenvalue weighted by molar-refractivity contribution is 5.74. The van der Waals surface area contributed by atoms with Crippen LogP contribution < -0.4 is 10.6 Å². The molecule has 4 nitrogen and oxygen atoms in total. The lowest BCUT2D eigenvalue weighted by Gasteiger charge is -2.20. The Morgan fingerprint density at radius 3 is 2.52 bits per heavy atom. The second-order valence-corrected chi connectivity index (χ2v) is 6.71. The minimum Gasteiger partial charge on any atom is -0.396 e. The van der Waals surface area contributed by atoms with Gasteiger partial charge >= 0.3 is 6.03 Å². The van der Waals surface area contributed by atoms with Crippen LogP contribution >= 0.6 is 0 Å². The molecule has 2 aliphatic carbocycles. The van der Waals surface area contributed by atoms with Gasteiger partial charge in [0.25, 0.3) is 0 Å². The molecule has 4 heteroatoms. The molecule has 0 unspecified atom stereocenters. The first-order chi connectivity index (χ1) is 10.1. The van der Waals surface area contributed by atoms with Crippen molar-refractivity contribution in [3.63, 3.8) is 0 Å². The summed E-state index contributed by atoms with van der Waals surface area (Å²) in [6, 6.07) is 8.38. The number of benzene rings is 1. The first-order valence-electron chi connectivity index (χ1n) is 7.84. The van der Waals surface area contributed by atoms with E-state index in [1.165, 1.54) is 24.0 Å². The van der Waals surface area contributed by atoms with E-state index in [0.29, 0.717) is 12.5 Å². The SMILES string of the molecule is Cc1ccc([C@H](NC(=O)NCC2(CO)CC2)C2CC2)cc1. The first kappa shape index (κ1) is 14.4. The highest BCUT2D eigenvalue weighted by Crippen LogP contribution is 2.44. The van der Waals surface area contributed by atoms with E-state index in [-0.39, 0.29) is 24.1 Å². The monoisotopic (exact) mass is 288 g/mol. The number of amides is 2. The lowest BCUT2D eigenvalue weighted by atomic mass is 10.0. The molecule has 2 saturated carbocycles. The van der Waals surface area contributed by atoms with Crippen molar-refractivity contribution in [1.29, 1.82) is 0 Å². The van der Waals surface area contributed by atoms with Crippen LogP contribution in [0.25, 0.3) is 0 Å². The van der Waals surface area contributed by atoms with Gasteiger partial charge in [0.15, 0.2) is 0 Å². The van der Waals surface area contributed by atoms with Gasteiger partial charge in [-0.15, -0.1) is 0 Å². The van der Waals surface area contributed by atoms with Gasteiger partial charge in [-0.25, -0.2) is 4.79 Å². The van der Waals surface area contributed by atoms with Gasteiger partial charge < -0.3 is 15.7 Å². The van der Waals surface area contributed by atoms with E-state index in [9.17, 15) is 9.90 Å². The average molecular weight is 288 g/mol. The van der Waals surface area contributed by atoms with Crippen LogP contribution in [-0.2, 0) is 0 Å². The number of carbonyl (C=O) groups is 1. The zero-order valence-corrected chi connectivity index (χ0v) is 12.6. The number of nitrogens with one attached hydrogen (secondary N) is 2. The van der Waals surface area contributed by atoms with Crippen molar-refractivity contribution in [2.45, 2.75) is 38.6 Å². The summed E-state index contributed by atoms with van der Waals surface area (Å²) in [6.07, 6.45) is 4.38. The third kappa shape index (κ3) is 3.56. The number of hydrogen-bond acceptors (Lipinski definition) is 2. The molecule has 21 heavy (non-hydrogen) atoms. The number of aryl methyl sites for hydroxylation is 1. The molecule has 3 rings (SSSR count). The lowest BCUT2D eigenvalue weighted by Crippen LogP contribution is -2.41. The second-order valence-electron chi connectivity index (χ2n) is 6.71. The third-order valence-electron chi connectivity index (χ3n) is 4.73. The lowest BCUT2D eigenvalue weighted by molar-refractivity contribution is 0.201. The molecule has 0 aliphatic heterocycles. The van der Waals surface area contributed by atoms with E-state index in [0.717, 1.165) is 12.8 Å². The topological polar surface area (TPSA) is 61.4 Å². The molecule has 114 valence electrons. The summed E-state index contributed by atoms with van der Waals surface area (Å²) >= 11 is 0. The van der Waals surface area contributed by atoms with Gasteiger partial charge in [-0.2, -0.15) is 0 Å². The highest BCUT2D eigenvalue weighted by atomic mass is 16.3. The normalized spacial score (nSPS) is 20.7. The van der Waals surface area contributed by atoms with E-state index in [4.69, 9.17) is 0 Å². The van der Waals surface area contributed by atoms with E-state index in [2.05, 4.69) is 41.8 Å². The molecule has 1 atom stereocenters. The Balaban J connectivity index is 1.57. The largest absolute Gasteiger partial charge is 0.396 e. The first-order valence-corrected chi connectivity index (χ1v) is 7.84. The molecule has 1 aromatic rings. The van der Waals surface area contributed by atoms with Crippen LogP contribution in [0.4, 0.5) is 4.79 Å². The van der Waals surface area contributed by atoms with E-state index in [1.807, 2.05) is 0 Å². The number of carbonyl (C=O) groups excluding carboxylic acids is 1. The van der Waals surface area contributed by atoms with Gasteiger partial charge in [0, 0.05) is 12.0 Å². The van der Waals surface area contributed by atoms with Crippen molar-refractivity contribution in [2.24, 2.45) is 11.3 Å². The van der Waals surface area contributed by atoms with E-state index < -0.39 is 0 Å². The summed E-state index contributed by atoms with van der Waals surface area (Å²) in [6.45, 7) is 2.80. The molecule has 3 N–H and O–H groups in total. The molecule has 1 aromatic carbocycles. The Kier molecular flexibility index (Phi) is 3.89.